The van der Waals surface area contributed by atoms with Gasteiger partial charge >= 0.3 is 0 Å². The van der Waals surface area contributed by atoms with Crippen molar-refractivity contribution in [2.45, 2.75) is 89.6 Å². The molecule has 3 nitrogen and oxygen atoms in total. The highest BCUT2D eigenvalue weighted by Crippen LogP contribution is 2.33. The van der Waals surface area contributed by atoms with Gasteiger partial charge in [0.25, 0.3) is 0 Å². The van der Waals surface area contributed by atoms with Crippen LogP contribution in [-0.4, -0.2) is 23.2 Å². The lowest BCUT2D eigenvalue weighted by molar-refractivity contribution is -0.123. The highest BCUT2D eigenvalue weighted by Gasteiger charge is 2.32. The van der Waals surface area contributed by atoms with Crippen LogP contribution >= 0.6 is 0 Å². The second-order valence-electron chi connectivity index (χ2n) is 7.40. The standard InChI is InChI=1S/C18H33NO2/c1-2-15-10-12-18(21,13-11-15)14-19-17(20)9-8-16-6-4-3-5-7-16/h15-16,21H,2-14H2,1H3,(H,19,20). The van der Waals surface area contributed by atoms with Crippen molar-refractivity contribution in [2.75, 3.05) is 6.54 Å². The third kappa shape index (κ3) is 5.61. The maximum atomic E-state index is 12.0. The van der Waals surface area contributed by atoms with Gasteiger partial charge in [-0.3, -0.25) is 4.79 Å². The zero-order valence-corrected chi connectivity index (χ0v) is 13.7. The van der Waals surface area contributed by atoms with Gasteiger partial charge in [0.15, 0.2) is 0 Å². The van der Waals surface area contributed by atoms with Crippen molar-refractivity contribution in [3.63, 3.8) is 0 Å². The molecular formula is C18H33NO2. The van der Waals surface area contributed by atoms with E-state index in [9.17, 15) is 9.90 Å². The van der Waals surface area contributed by atoms with Gasteiger partial charge in [-0.25, -0.2) is 0 Å². The molecule has 122 valence electrons. The Morgan fingerprint density at radius 2 is 1.76 bits per heavy atom. The average Bonchev–Trinajstić information content (AvgIpc) is 2.53. The topological polar surface area (TPSA) is 49.3 Å². The van der Waals surface area contributed by atoms with Crippen LogP contribution in [0.25, 0.3) is 0 Å². The van der Waals surface area contributed by atoms with Crippen molar-refractivity contribution in [1.29, 1.82) is 0 Å². The third-order valence-corrected chi connectivity index (χ3v) is 5.73. The minimum Gasteiger partial charge on any atom is -0.388 e. The SMILES string of the molecule is CCC1CCC(O)(CNC(=O)CCC2CCCCC2)CC1. The first kappa shape index (κ1) is 16.8. The number of aliphatic hydroxyl groups is 1. The summed E-state index contributed by atoms with van der Waals surface area (Å²) in [5.41, 5.74) is -0.647. The summed E-state index contributed by atoms with van der Waals surface area (Å²) in [6.45, 7) is 2.68. The predicted octanol–water partition coefficient (Wildman–Crippen LogP) is 3.79. The summed E-state index contributed by atoms with van der Waals surface area (Å²) in [6.07, 6.45) is 13.4. The summed E-state index contributed by atoms with van der Waals surface area (Å²) in [6, 6.07) is 0. The Hall–Kier alpha value is -0.570. The largest absolute Gasteiger partial charge is 0.388 e. The predicted molar refractivity (Wildman–Crippen MR) is 86.0 cm³/mol. The molecule has 2 aliphatic rings. The molecule has 0 atom stereocenters. The molecule has 2 fully saturated rings. The highest BCUT2D eigenvalue weighted by atomic mass is 16.3. The first-order chi connectivity index (χ1) is 10.1. The Balaban J connectivity index is 1.61. The van der Waals surface area contributed by atoms with Gasteiger partial charge in [0, 0.05) is 13.0 Å². The van der Waals surface area contributed by atoms with E-state index in [1.165, 1.54) is 38.5 Å². The second kappa shape index (κ2) is 8.17. The zero-order valence-electron chi connectivity index (χ0n) is 13.7. The molecule has 2 aliphatic carbocycles. The van der Waals surface area contributed by atoms with Gasteiger partial charge in [-0.05, 0) is 43.9 Å². The fraction of sp³-hybridized carbons (Fsp3) is 0.944. The molecule has 0 saturated heterocycles. The van der Waals surface area contributed by atoms with Crippen LogP contribution in [0.3, 0.4) is 0 Å². The first-order valence-electron chi connectivity index (χ1n) is 9.10. The van der Waals surface area contributed by atoms with Crippen molar-refractivity contribution in [1.82, 2.24) is 5.32 Å². The van der Waals surface area contributed by atoms with E-state index in [0.717, 1.165) is 43.9 Å². The minimum atomic E-state index is -0.647. The molecule has 21 heavy (non-hydrogen) atoms. The highest BCUT2D eigenvalue weighted by molar-refractivity contribution is 5.75. The van der Waals surface area contributed by atoms with Crippen molar-refractivity contribution < 1.29 is 9.90 Å². The molecule has 0 aromatic rings. The minimum absolute atomic E-state index is 0.131. The lowest BCUT2D eigenvalue weighted by atomic mass is 9.78. The number of carbonyl (C=O) groups is 1. The number of amides is 1. The Morgan fingerprint density at radius 1 is 1.10 bits per heavy atom. The van der Waals surface area contributed by atoms with Crippen LogP contribution in [0.15, 0.2) is 0 Å². The van der Waals surface area contributed by atoms with Gasteiger partial charge in [0.05, 0.1) is 5.60 Å². The van der Waals surface area contributed by atoms with Crippen LogP contribution in [-0.2, 0) is 4.79 Å². The van der Waals surface area contributed by atoms with Crippen LogP contribution in [0.5, 0.6) is 0 Å². The average molecular weight is 295 g/mol. The van der Waals surface area contributed by atoms with Gasteiger partial charge < -0.3 is 10.4 Å². The van der Waals surface area contributed by atoms with Crippen molar-refractivity contribution in [2.24, 2.45) is 11.8 Å². The molecule has 0 radical (unpaired) electrons. The van der Waals surface area contributed by atoms with Crippen molar-refractivity contribution in [3.8, 4) is 0 Å². The molecule has 0 spiro atoms. The number of carbonyl (C=O) groups excluding carboxylic acids is 1. The molecule has 0 aromatic heterocycles. The van der Waals surface area contributed by atoms with Crippen LogP contribution in [0.2, 0.25) is 0 Å². The zero-order chi connectivity index (χ0) is 15.1. The molecule has 1 amide bonds. The lowest BCUT2D eigenvalue weighted by Gasteiger charge is -2.35. The van der Waals surface area contributed by atoms with Gasteiger partial charge in [-0.15, -0.1) is 0 Å². The maximum Gasteiger partial charge on any atom is 0.220 e. The van der Waals surface area contributed by atoms with Crippen LogP contribution in [0.4, 0.5) is 0 Å². The number of hydrogen-bond donors (Lipinski definition) is 2. The first-order valence-corrected chi connectivity index (χ1v) is 9.10. The van der Waals surface area contributed by atoms with E-state index in [-0.39, 0.29) is 5.91 Å². The summed E-state index contributed by atoms with van der Waals surface area (Å²) in [5, 5.41) is 13.5. The van der Waals surface area contributed by atoms with E-state index in [1.54, 1.807) is 0 Å². The second-order valence-corrected chi connectivity index (χ2v) is 7.40. The van der Waals surface area contributed by atoms with Crippen LogP contribution < -0.4 is 5.32 Å². The van der Waals surface area contributed by atoms with E-state index in [4.69, 9.17) is 0 Å². The summed E-state index contributed by atoms with van der Waals surface area (Å²) in [5.74, 6) is 1.66. The van der Waals surface area contributed by atoms with E-state index >= 15 is 0 Å². The van der Waals surface area contributed by atoms with Crippen LogP contribution in [0.1, 0.15) is 84.0 Å². The molecule has 2 N–H and O–H groups in total. The van der Waals surface area contributed by atoms with Gasteiger partial charge in [0.1, 0.15) is 0 Å². The van der Waals surface area contributed by atoms with E-state index in [1.807, 2.05) is 0 Å². The fourth-order valence-electron chi connectivity index (χ4n) is 3.96. The smallest absolute Gasteiger partial charge is 0.220 e. The van der Waals surface area contributed by atoms with Crippen molar-refractivity contribution in [3.05, 3.63) is 0 Å². The Morgan fingerprint density at radius 3 is 2.38 bits per heavy atom. The van der Waals surface area contributed by atoms with Gasteiger partial charge in [-0.1, -0.05) is 45.4 Å². The molecule has 0 unspecified atom stereocenters. The molecular weight excluding hydrogens is 262 g/mol. The molecule has 3 heteroatoms. The van der Waals surface area contributed by atoms with E-state index in [0.29, 0.717) is 13.0 Å². The van der Waals surface area contributed by atoms with Crippen LogP contribution in [0, 0.1) is 11.8 Å². The Kier molecular flexibility index (Phi) is 6.53. The Bertz CT molecular complexity index is 315. The molecule has 2 saturated carbocycles. The lowest BCUT2D eigenvalue weighted by Crippen LogP contribution is -2.45. The number of hydrogen-bond acceptors (Lipinski definition) is 2. The number of nitrogens with one attached hydrogen (secondary N) is 1. The molecule has 0 heterocycles. The third-order valence-electron chi connectivity index (χ3n) is 5.73. The van der Waals surface area contributed by atoms with Gasteiger partial charge in [-0.2, -0.15) is 0 Å². The summed E-state index contributed by atoms with van der Waals surface area (Å²) < 4.78 is 0. The normalized spacial score (nSPS) is 31.0. The molecule has 2 rings (SSSR count). The monoisotopic (exact) mass is 295 g/mol. The van der Waals surface area contributed by atoms with Gasteiger partial charge in [0.2, 0.25) is 5.91 Å². The van der Waals surface area contributed by atoms with E-state index < -0.39 is 5.60 Å². The maximum absolute atomic E-state index is 12.0. The summed E-state index contributed by atoms with van der Waals surface area (Å²) >= 11 is 0. The van der Waals surface area contributed by atoms with E-state index in [2.05, 4.69) is 12.2 Å². The summed E-state index contributed by atoms with van der Waals surface area (Å²) in [4.78, 5) is 12.0. The fourth-order valence-corrected chi connectivity index (χ4v) is 3.96. The Labute approximate surface area is 129 Å². The summed E-state index contributed by atoms with van der Waals surface area (Å²) in [7, 11) is 0. The number of rotatable bonds is 6. The molecule has 0 aliphatic heterocycles. The molecule has 0 bridgehead atoms. The molecule has 0 aromatic carbocycles. The quantitative estimate of drug-likeness (QED) is 0.783. The van der Waals surface area contributed by atoms with Crippen molar-refractivity contribution >= 4 is 5.91 Å².